The van der Waals surface area contributed by atoms with Crippen LogP contribution in [-0.4, -0.2) is 48.5 Å². The van der Waals surface area contributed by atoms with E-state index < -0.39 is 33.5 Å². The molecule has 1 saturated heterocycles. The van der Waals surface area contributed by atoms with Gasteiger partial charge in [0.15, 0.2) is 0 Å². The Morgan fingerprint density at radius 1 is 1.35 bits per heavy atom. The number of amides is 1. The Morgan fingerprint density at radius 2 is 2.00 bits per heavy atom. The lowest BCUT2D eigenvalue weighted by molar-refractivity contribution is -0.148. The summed E-state index contributed by atoms with van der Waals surface area (Å²) in [4.78, 5) is 23.8. The number of sulfonamides is 1. The highest BCUT2D eigenvalue weighted by Gasteiger charge is 2.42. The standard InChI is InChI=1S/C13H18N2O5S3/c1-9(15-23(19,20)10-3-2-6-22-10)11(16)14-13(12(17)18)4-7-21-8-5-13/h2-3,6,9,15H,4-5,7-8H2,1H3,(H,14,16)(H,17,18). The second-order valence-corrected chi connectivity index (χ2v) is 9.38. The summed E-state index contributed by atoms with van der Waals surface area (Å²) in [5.41, 5.74) is -1.31. The van der Waals surface area contributed by atoms with Crippen LogP contribution in [0.15, 0.2) is 21.7 Å². The Morgan fingerprint density at radius 3 is 2.52 bits per heavy atom. The van der Waals surface area contributed by atoms with Gasteiger partial charge in [0.25, 0.3) is 10.0 Å². The van der Waals surface area contributed by atoms with Crippen molar-refractivity contribution in [2.24, 2.45) is 0 Å². The molecule has 10 heteroatoms. The van der Waals surface area contributed by atoms with Crippen molar-refractivity contribution >= 4 is 45.0 Å². The number of thioether (sulfide) groups is 1. The van der Waals surface area contributed by atoms with E-state index in [0.717, 1.165) is 11.3 Å². The van der Waals surface area contributed by atoms with Crippen LogP contribution < -0.4 is 10.0 Å². The third-order valence-electron chi connectivity index (χ3n) is 3.60. The van der Waals surface area contributed by atoms with Crippen molar-refractivity contribution < 1.29 is 23.1 Å². The van der Waals surface area contributed by atoms with Gasteiger partial charge in [0.2, 0.25) is 5.91 Å². The summed E-state index contributed by atoms with van der Waals surface area (Å²) in [6.45, 7) is 1.40. The van der Waals surface area contributed by atoms with Crippen molar-refractivity contribution in [3.05, 3.63) is 17.5 Å². The van der Waals surface area contributed by atoms with Crippen LogP contribution in [0.25, 0.3) is 0 Å². The maximum absolute atomic E-state index is 12.3. The summed E-state index contributed by atoms with van der Waals surface area (Å²) in [5.74, 6) is -0.442. The molecule has 2 rings (SSSR count). The molecular weight excluding hydrogens is 360 g/mol. The monoisotopic (exact) mass is 378 g/mol. The molecule has 1 aliphatic rings. The van der Waals surface area contributed by atoms with Gasteiger partial charge >= 0.3 is 5.97 Å². The molecule has 23 heavy (non-hydrogen) atoms. The zero-order chi connectivity index (χ0) is 17.1. The smallest absolute Gasteiger partial charge is 0.329 e. The number of carbonyl (C=O) groups excluding carboxylic acids is 1. The molecule has 7 nitrogen and oxygen atoms in total. The van der Waals surface area contributed by atoms with Gasteiger partial charge in [0, 0.05) is 0 Å². The Hall–Kier alpha value is -1.10. The molecule has 128 valence electrons. The van der Waals surface area contributed by atoms with Crippen molar-refractivity contribution in [1.29, 1.82) is 0 Å². The summed E-state index contributed by atoms with van der Waals surface area (Å²) >= 11 is 2.68. The molecule has 1 unspecified atom stereocenters. The van der Waals surface area contributed by atoms with E-state index in [-0.39, 0.29) is 4.21 Å². The van der Waals surface area contributed by atoms with E-state index in [0.29, 0.717) is 24.3 Å². The van der Waals surface area contributed by atoms with Gasteiger partial charge in [0.05, 0.1) is 6.04 Å². The Balaban J connectivity index is 2.06. The highest BCUT2D eigenvalue weighted by molar-refractivity contribution is 7.99. The van der Waals surface area contributed by atoms with Crippen molar-refractivity contribution in [3.8, 4) is 0 Å². The van der Waals surface area contributed by atoms with Gasteiger partial charge in [-0.25, -0.2) is 13.2 Å². The molecular formula is C13H18N2O5S3. The van der Waals surface area contributed by atoms with Crippen LogP contribution in [0.5, 0.6) is 0 Å². The molecule has 1 aromatic heterocycles. The van der Waals surface area contributed by atoms with Crippen LogP contribution in [0.3, 0.4) is 0 Å². The first-order valence-electron chi connectivity index (χ1n) is 6.96. The number of carbonyl (C=O) groups is 2. The van der Waals surface area contributed by atoms with E-state index in [1.807, 2.05) is 0 Å². The van der Waals surface area contributed by atoms with Crippen LogP contribution in [0.2, 0.25) is 0 Å². The molecule has 0 aliphatic carbocycles. The molecule has 1 atom stereocenters. The average Bonchev–Trinajstić information content (AvgIpc) is 3.02. The first-order valence-corrected chi connectivity index (χ1v) is 10.5. The average molecular weight is 378 g/mol. The van der Waals surface area contributed by atoms with E-state index in [1.165, 1.54) is 13.0 Å². The minimum atomic E-state index is -3.79. The number of hydrogen-bond acceptors (Lipinski definition) is 6. The number of rotatable bonds is 6. The van der Waals surface area contributed by atoms with Gasteiger partial charge in [-0.05, 0) is 42.7 Å². The fourth-order valence-corrected chi connectivity index (χ4v) is 5.62. The quantitative estimate of drug-likeness (QED) is 0.677. The van der Waals surface area contributed by atoms with E-state index in [9.17, 15) is 23.1 Å². The lowest BCUT2D eigenvalue weighted by Gasteiger charge is -2.34. The SMILES string of the molecule is CC(NS(=O)(=O)c1cccs1)C(=O)NC1(C(=O)O)CCSCC1. The lowest BCUT2D eigenvalue weighted by atomic mass is 9.92. The van der Waals surface area contributed by atoms with Crippen LogP contribution in [0.1, 0.15) is 19.8 Å². The molecule has 3 N–H and O–H groups in total. The molecule has 0 aromatic carbocycles. The lowest BCUT2D eigenvalue weighted by Crippen LogP contribution is -2.60. The molecule has 1 aromatic rings. The fourth-order valence-electron chi connectivity index (χ4n) is 2.22. The van der Waals surface area contributed by atoms with Crippen molar-refractivity contribution in [2.75, 3.05) is 11.5 Å². The molecule has 0 saturated carbocycles. The van der Waals surface area contributed by atoms with Gasteiger partial charge in [0.1, 0.15) is 9.75 Å². The third-order valence-corrected chi connectivity index (χ3v) is 7.53. The normalized spacial score (nSPS) is 19.0. The predicted octanol–water partition coefficient (Wildman–Crippen LogP) is 0.881. The first kappa shape index (κ1) is 18.2. The largest absolute Gasteiger partial charge is 0.480 e. The minimum Gasteiger partial charge on any atom is -0.480 e. The zero-order valence-corrected chi connectivity index (χ0v) is 14.9. The molecule has 1 aliphatic heterocycles. The van der Waals surface area contributed by atoms with E-state index >= 15 is 0 Å². The topological polar surface area (TPSA) is 113 Å². The van der Waals surface area contributed by atoms with E-state index in [2.05, 4.69) is 10.0 Å². The van der Waals surface area contributed by atoms with Gasteiger partial charge in [-0.3, -0.25) is 4.79 Å². The highest BCUT2D eigenvalue weighted by atomic mass is 32.2. The Kier molecular flexibility index (Phi) is 5.71. The number of nitrogens with one attached hydrogen (secondary N) is 2. The molecule has 1 amide bonds. The van der Waals surface area contributed by atoms with Crippen molar-refractivity contribution in [1.82, 2.24) is 10.0 Å². The summed E-state index contributed by atoms with van der Waals surface area (Å²) < 4.78 is 26.6. The summed E-state index contributed by atoms with van der Waals surface area (Å²) in [6.07, 6.45) is 0.645. The van der Waals surface area contributed by atoms with E-state index in [4.69, 9.17) is 0 Å². The highest BCUT2D eigenvalue weighted by Crippen LogP contribution is 2.27. The number of carboxylic acids is 1. The maximum atomic E-state index is 12.3. The van der Waals surface area contributed by atoms with Crippen LogP contribution in [-0.2, 0) is 19.6 Å². The number of thiophene rings is 1. The third kappa shape index (κ3) is 4.25. The van der Waals surface area contributed by atoms with Crippen molar-refractivity contribution in [3.63, 3.8) is 0 Å². The van der Waals surface area contributed by atoms with Gasteiger partial charge in [-0.15, -0.1) is 11.3 Å². The summed E-state index contributed by atoms with van der Waals surface area (Å²) in [6, 6.07) is 1.98. The molecule has 0 bridgehead atoms. The fraction of sp³-hybridized carbons (Fsp3) is 0.538. The molecule has 0 radical (unpaired) electrons. The number of carboxylic acid groups (broad SMARTS) is 1. The zero-order valence-electron chi connectivity index (χ0n) is 12.4. The Bertz CT molecular complexity index is 666. The van der Waals surface area contributed by atoms with Gasteiger partial charge in [-0.2, -0.15) is 16.5 Å². The second kappa shape index (κ2) is 7.20. The number of aliphatic carboxylic acids is 1. The predicted molar refractivity (Wildman–Crippen MR) is 89.2 cm³/mol. The van der Waals surface area contributed by atoms with Crippen molar-refractivity contribution in [2.45, 2.75) is 35.6 Å². The van der Waals surface area contributed by atoms with Gasteiger partial charge in [-0.1, -0.05) is 6.07 Å². The van der Waals surface area contributed by atoms with Crippen LogP contribution in [0, 0.1) is 0 Å². The van der Waals surface area contributed by atoms with Crippen LogP contribution in [0.4, 0.5) is 0 Å². The van der Waals surface area contributed by atoms with E-state index in [1.54, 1.807) is 23.2 Å². The molecule has 1 fully saturated rings. The maximum Gasteiger partial charge on any atom is 0.329 e. The summed E-state index contributed by atoms with van der Waals surface area (Å²) in [7, 11) is -3.79. The Labute approximate surface area is 142 Å². The van der Waals surface area contributed by atoms with Crippen LogP contribution >= 0.6 is 23.1 Å². The minimum absolute atomic E-state index is 0.110. The second-order valence-electron chi connectivity index (χ2n) is 5.26. The first-order chi connectivity index (χ1) is 10.8. The summed E-state index contributed by atoms with van der Waals surface area (Å²) in [5, 5.41) is 13.6. The molecule has 0 spiro atoms. The molecule has 2 heterocycles. The number of hydrogen-bond donors (Lipinski definition) is 3. The van der Waals surface area contributed by atoms with Gasteiger partial charge < -0.3 is 10.4 Å².